The van der Waals surface area contributed by atoms with Gasteiger partial charge in [-0.25, -0.2) is 4.79 Å². The second-order valence-electron chi connectivity index (χ2n) is 4.11. The molecule has 2 rings (SSSR count). The Labute approximate surface area is 92.6 Å². The van der Waals surface area contributed by atoms with Crippen molar-refractivity contribution in [2.45, 2.75) is 12.2 Å². The van der Waals surface area contributed by atoms with Crippen LogP contribution in [0.25, 0.3) is 0 Å². The summed E-state index contributed by atoms with van der Waals surface area (Å²) in [5.74, 6) is -0.295. The van der Waals surface area contributed by atoms with Crippen molar-refractivity contribution in [1.29, 1.82) is 0 Å². The van der Waals surface area contributed by atoms with Crippen LogP contribution < -0.4 is 5.32 Å². The van der Waals surface area contributed by atoms with Crippen molar-refractivity contribution in [1.82, 2.24) is 15.1 Å². The predicted molar refractivity (Wildman–Crippen MR) is 53.6 cm³/mol. The lowest BCUT2D eigenvalue weighted by molar-refractivity contribution is -0.128. The van der Waals surface area contributed by atoms with Gasteiger partial charge in [0.25, 0.3) is 0 Å². The van der Waals surface area contributed by atoms with Crippen LogP contribution in [0.1, 0.15) is 0 Å². The van der Waals surface area contributed by atoms with Gasteiger partial charge in [-0.3, -0.25) is 14.6 Å². The molecule has 3 N–H and O–H groups in total. The third-order valence-corrected chi connectivity index (χ3v) is 2.85. The number of aliphatic hydroxyl groups excluding tert-OH is 2. The molecule has 2 atom stereocenters. The van der Waals surface area contributed by atoms with Gasteiger partial charge in [-0.15, -0.1) is 0 Å². The van der Waals surface area contributed by atoms with Gasteiger partial charge in [0.05, 0.1) is 18.8 Å². The first-order valence-electron chi connectivity index (χ1n) is 5.24. The zero-order chi connectivity index (χ0) is 11.7. The first-order valence-corrected chi connectivity index (χ1v) is 5.24. The summed E-state index contributed by atoms with van der Waals surface area (Å²) >= 11 is 0. The maximum atomic E-state index is 11.7. The van der Waals surface area contributed by atoms with E-state index in [2.05, 4.69) is 5.32 Å². The highest BCUT2D eigenvalue weighted by Gasteiger charge is 2.33. The smallest absolute Gasteiger partial charge is 0.324 e. The summed E-state index contributed by atoms with van der Waals surface area (Å²) in [6.45, 7) is 1.46. The fraction of sp³-hybridized carbons (Fsp3) is 0.778. The highest BCUT2D eigenvalue weighted by Crippen LogP contribution is 2.10. The Morgan fingerprint density at radius 2 is 2.00 bits per heavy atom. The van der Waals surface area contributed by atoms with Crippen LogP contribution in [0.2, 0.25) is 0 Å². The van der Waals surface area contributed by atoms with Crippen molar-refractivity contribution < 1.29 is 19.8 Å². The van der Waals surface area contributed by atoms with Crippen LogP contribution in [0.4, 0.5) is 4.79 Å². The molecule has 2 aliphatic rings. The van der Waals surface area contributed by atoms with Crippen LogP contribution in [0.5, 0.6) is 0 Å². The topological polar surface area (TPSA) is 93.1 Å². The number of nitrogens with zero attached hydrogens (tertiary/aromatic N) is 2. The fourth-order valence-corrected chi connectivity index (χ4v) is 1.96. The van der Waals surface area contributed by atoms with E-state index in [0.717, 1.165) is 4.90 Å². The molecule has 2 aliphatic heterocycles. The lowest BCUT2D eigenvalue weighted by Crippen LogP contribution is -2.41. The lowest BCUT2D eigenvalue weighted by atomic mass is 10.3. The number of aliphatic hydroxyl groups is 2. The molecule has 7 nitrogen and oxygen atoms in total. The number of urea groups is 1. The number of amides is 3. The molecule has 2 fully saturated rings. The molecule has 3 amide bonds. The van der Waals surface area contributed by atoms with E-state index in [1.807, 2.05) is 0 Å². The first kappa shape index (κ1) is 11.3. The second kappa shape index (κ2) is 4.36. The molecular weight excluding hydrogens is 214 g/mol. The third kappa shape index (κ3) is 2.16. The van der Waals surface area contributed by atoms with Crippen molar-refractivity contribution in [3.8, 4) is 0 Å². The molecule has 2 heterocycles. The van der Waals surface area contributed by atoms with E-state index in [1.165, 1.54) is 0 Å². The van der Waals surface area contributed by atoms with Crippen LogP contribution in [-0.4, -0.2) is 76.9 Å². The van der Waals surface area contributed by atoms with Gasteiger partial charge in [-0.1, -0.05) is 0 Å². The van der Waals surface area contributed by atoms with Crippen molar-refractivity contribution in [2.24, 2.45) is 0 Å². The Morgan fingerprint density at radius 3 is 2.50 bits per heavy atom. The number of carbonyl (C=O) groups excluding carboxylic acids is 2. The van der Waals surface area contributed by atoms with Crippen LogP contribution in [0.3, 0.4) is 0 Å². The standard InChI is InChI=1S/C9H15N3O4/c13-6-3-11(4-7(6)14)5-8(15)12-2-1-10-9(12)16/h6-7,13-14H,1-5H2,(H,10,16)/t6-,7+. The van der Waals surface area contributed by atoms with E-state index in [-0.39, 0.29) is 31.6 Å². The summed E-state index contributed by atoms with van der Waals surface area (Å²) in [4.78, 5) is 25.7. The number of hydrogen-bond donors (Lipinski definition) is 3. The molecule has 0 aromatic carbocycles. The summed E-state index contributed by atoms with van der Waals surface area (Å²) < 4.78 is 0. The summed E-state index contributed by atoms with van der Waals surface area (Å²) in [5, 5.41) is 21.1. The molecule has 0 aliphatic carbocycles. The van der Waals surface area contributed by atoms with Gasteiger partial charge in [-0.2, -0.15) is 0 Å². The van der Waals surface area contributed by atoms with E-state index in [0.29, 0.717) is 13.1 Å². The Morgan fingerprint density at radius 1 is 1.38 bits per heavy atom. The summed E-state index contributed by atoms with van der Waals surface area (Å²) in [5.41, 5.74) is 0. The molecule has 0 bridgehead atoms. The molecule has 0 spiro atoms. The minimum atomic E-state index is -0.805. The number of likely N-dealkylation sites (tertiary alicyclic amines) is 1. The number of carbonyl (C=O) groups is 2. The molecule has 2 saturated heterocycles. The fourth-order valence-electron chi connectivity index (χ4n) is 1.96. The molecule has 0 aromatic heterocycles. The Kier molecular flexibility index (Phi) is 3.08. The quantitative estimate of drug-likeness (QED) is 0.490. The highest BCUT2D eigenvalue weighted by molar-refractivity contribution is 5.96. The van der Waals surface area contributed by atoms with E-state index in [9.17, 15) is 19.8 Å². The van der Waals surface area contributed by atoms with Gasteiger partial charge in [0.1, 0.15) is 0 Å². The minimum Gasteiger partial charge on any atom is -0.389 e. The van der Waals surface area contributed by atoms with Crippen LogP contribution >= 0.6 is 0 Å². The normalized spacial score (nSPS) is 30.9. The number of nitrogens with one attached hydrogen (secondary N) is 1. The maximum Gasteiger partial charge on any atom is 0.324 e. The molecule has 90 valence electrons. The largest absolute Gasteiger partial charge is 0.389 e. The number of hydrogen-bond acceptors (Lipinski definition) is 5. The average molecular weight is 229 g/mol. The molecule has 0 saturated carbocycles. The van der Waals surface area contributed by atoms with Crippen molar-refractivity contribution in [2.75, 3.05) is 32.7 Å². The molecule has 0 aromatic rings. The number of rotatable bonds is 2. The molecule has 0 radical (unpaired) electrons. The average Bonchev–Trinajstić information content (AvgIpc) is 2.74. The molecule has 16 heavy (non-hydrogen) atoms. The minimum absolute atomic E-state index is 0.0571. The van der Waals surface area contributed by atoms with Crippen LogP contribution in [-0.2, 0) is 4.79 Å². The highest BCUT2D eigenvalue weighted by atomic mass is 16.3. The predicted octanol–water partition coefficient (Wildman–Crippen LogP) is -2.42. The van der Waals surface area contributed by atoms with E-state index < -0.39 is 12.2 Å². The zero-order valence-electron chi connectivity index (χ0n) is 8.80. The van der Waals surface area contributed by atoms with Gasteiger partial charge >= 0.3 is 6.03 Å². The van der Waals surface area contributed by atoms with Gasteiger partial charge in [0, 0.05) is 26.2 Å². The van der Waals surface area contributed by atoms with Crippen LogP contribution in [0, 0.1) is 0 Å². The Balaban J connectivity index is 1.86. The Bertz CT molecular complexity index is 299. The Hall–Kier alpha value is -1.18. The van der Waals surface area contributed by atoms with Gasteiger partial charge in [0.15, 0.2) is 0 Å². The molecule has 0 unspecified atom stereocenters. The van der Waals surface area contributed by atoms with E-state index in [4.69, 9.17) is 0 Å². The van der Waals surface area contributed by atoms with Gasteiger partial charge in [-0.05, 0) is 0 Å². The second-order valence-corrected chi connectivity index (χ2v) is 4.11. The van der Waals surface area contributed by atoms with Crippen molar-refractivity contribution in [3.05, 3.63) is 0 Å². The van der Waals surface area contributed by atoms with Crippen molar-refractivity contribution in [3.63, 3.8) is 0 Å². The summed E-state index contributed by atoms with van der Waals surface area (Å²) in [6.07, 6.45) is -1.61. The van der Waals surface area contributed by atoms with E-state index >= 15 is 0 Å². The monoisotopic (exact) mass is 229 g/mol. The van der Waals surface area contributed by atoms with Gasteiger partial charge < -0.3 is 15.5 Å². The van der Waals surface area contributed by atoms with Gasteiger partial charge in [0.2, 0.25) is 5.91 Å². The molecule has 7 heteroatoms. The summed E-state index contributed by atoms with van der Waals surface area (Å²) in [7, 11) is 0. The third-order valence-electron chi connectivity index (χ3n) is 2.85. The number of imide groups is 1. The first-order chi connectivity index (χ1) is 7.58. The number of β-amino-alcohol motifs (C(OH)–C–C–N with tert-alkyl or cyclic N) is 2. The molecular formula is C9H15N3O4. The van der Waals surface area contributed by atoms with Crippen LogP contribution in [0.15, 0.2) is 0 Å². The lowest BCUT2D eigenvalue weighted by Gasteiger charge is -2.18. The van der Waals surface area contributed by atoms with Crippen molar-refractivity contribution >= 4 is 11.9 Å². The zero-order valence-corrected chi connectivity index (χ0v) is 8.80. The summed E-state index contributed by atoms with van der Waals surface area (Å²) in [6, 6.07) is -0.370. The van der Waals surface area contributed by atoms with E-state index in [1.54, 1.807) is 4.90 Å². The SMILES string of the molecule is O=C(CN1C[C@@H](O)[C@@H](O)C1)N1CCNC1=O. The maximum absolute atomic E-state index is 11.7.